The first-order chi connectivity index (χ1) is 12.3. The fraction of sp³-hybridized carbons (Fsp3) is 0.579. The molecular weight excluding hydrogens is 457 g/mol. The monoisotopic (exact) mass is 489 g/mol. The summed E-state index contributed by atoms with van der Waals surface area (Å²) in [7, 11) is 4.06. The van der Waals surface area contributed by atoms with Gasteiger partial charge < -0.3 is 19.5 Å². The molecule has 2 aromatic heterocycles. The highest BCUT2D eigenvalue weighted by molar-refractivity contribution is 14.0. The highest BCUT2D eigenvalue weighted by atomic mass is 127. The lowest BCUT2D eigenvalue weighted by Gasteiger charge is -2.23. The maximum Gasteiger partial charge on any atom is 0.216 e. The van der Waals surface area contributed by atoms with E-state index in [0.717, 1.165) is 24.0 Å². The number of aliphatic imine (C=N–C) groups is 1. The summed E-state index contributed by atoms with van der Waals surface area (Å²) in [5.74, 6) is 3.12. The van der Waals surface area contributed by atoms with Gasteiger partial charge in [-0.25, -0.2) is 9.98 Å². The van der Waals surface area contributed by atoms with Crippen molar-refractivity contribution in [1.82, 2.24) is 20.5 Å². The van der Waals surface area contributed by atoms with Crippen molar-refractivity contribution in [2.45, 2.75) is 45.7 Å². The lowest BCUT2D eigenvalue weighted by atomic mass is 9.94. The third-order valence-corrected chi connectivity index (χ3v) is 3.97. The molecule has 2 heterocycles. The number of hydrogen-bond donors (Lipinski definition) is 2. The number of nitrogens with one attached hydrogen (secondary N) is 2. The van der Waals surface area contributed by atoms with Crippen LogP contribution in [0.25, 0.3) is 0 Å². The summed E-state index contributed by atoms with van der Waals surface area (Å²) < 4.78 is 11.3. The first kappa shape index (κ1) is 23.5. The Labute approximate surface area is 179 Å². The van der Waals surface area contributed by atoms with Gasteiger partial charge in [0.15, 0.2) is 5.96 Å². The van der Waals surface area contributed by atoms with Crippen molar-refractivity contribution in [2.24, 2.45) is 4.99 Å². The second kappa shape index (κ2) is 10.7. The van der Waals surface area contributed by atoms with Gasteiger partial charge in [-0.1, -0.05) is 20.8 Å². The molecule has 0 fully saturated rings. The Hall–Kier alpha value is -1.55. The lowest BCUT2D eigenvalue weighted by molar-refractivity contribution is 0.258. The Morgan fingerprint density at radius 3 is 2.56 bits per heavy atom. The lowest BCUT2D eigenvalue weighted by Crippen LogP contribution is -2.41. The van der Waals surface area contributed by atoms with Gasteiger partial charge in [0, 0.05) is 18.5 Å². The van der Waals surface area contributed by atoms with Crippen molar-refractivity contribution in [2.75, 3.05) is 27.2 Å². The highest BCUT2D eigenvalue weighted by Gasteiger charge is 2.19. The topological polar surface area (TPSA) is 78.8 Å². The van der Waals surface area contributed by atoms with Crippen LogP contribution in [-0.4, -0.2) is 43.0 Å². The van der Waals surface area contributed by atoms with Crippen LogP contribution in [0.1, 0.15) is 51.1 Å². The van der Waals surface area contributed by atoms with E-state index in [-0.39, 0.29) is 35.4 Å². The maximum atomic E-state index is 5.80. The Morgan fingerprint density at radius 2 is 2.04 bits per heavy atom. The molecule has 0 saturated carbocycles. The SMILES string of the molecule is CCNC(=NCc1ncc(C(C)(C)C)o1)NCC(c1ccco1)N(C)C.I. The molecule has 8 heteroatoms. The number of oxazole rings is 1. The minimum Gasteiger partial charge on any atom is -0.468 e. The average Bonchev–Trinajstić information content (AvgIpc) is 3.23. The third kappa shape index (κ3) is 7.17. The van der Waals surface area contributed by atoms with Crippen molar-refractivity contribution >= 4 is 29.9 Å². The van der Waals surface area contributed by atoms with Gasteiger partial charge in [0.05, 0.1) is 18.5 Å². The highest BCUT2D eigenvalue weighted by Crippen LogP contribution is 2.22. The number of hydrogen-bond acceptors (Lipinski definition) is 5. The number of furan rings is 1. The van der Waals surface area contributed by atoms with E-state index in [9.17, 15) is 0 Å². The molecule has 2 rings (SSSR count). The quantitative estimate of drug-likeness (QED) is 0.352. The average molecular weight is 489 g/mol. The molecule has 0 bridgehead atoms. The molecule has 27 heavy (non-hydrogen) atoms. The van der Waals surface area contributed by atoms with Crippen molar-refractivity contribution in [3.05, 3.63) is 42.0 Å². The molecule has 1 atom stereocenters. The van der Waals surface area contributed by atoms with Crippen molar-refractivity contribution in [3.8, 4) is 0 Å². The Balaban J connectivity index is 0.00000364. The van der Waals surface area contributed by atoms with Crippen LogP contribution in [0.2, 0.25) is 0 Å². The largest absolute Gasteiger partial charge is 0.468 e. The zero-order chi connectivity index (χ0) is 19.2. The van der Waals surface area contributed by atoms with Gasteiger partial charge in [0.2, 0.25) is 5.89 Å². The Bertz CT molecular complexity index is 689. The van der Waals surface area contributed by atoms with Crippen LogP contribution < -0.4 is 10.6 Å². The molecule has 152 valence electrons. The van der Waals surface area contributed by atoms with Gasteiger partial charge in [-0.3, -0.25) is 4.90 Å². The summed E-state index contributed by atoms with van der Waals surface area (Å²) in [6, 6.07) is 4.00. The van der Waals surface area contributed by atoms with Crippen molar-refractivity contribution < 1.29 is 8.83 Å². The smallest absolute Gasteiger partial charge is 0.216 e. The minimum absolute atomic E-state index is 0. The number of likely N-dealkylation sites (N-methyl/N-ethyl adjacent to an activating group) is 1. The fourth-order valence-electron chi connectivity index (χ4n) is 2.43. The summed E-state index contributed by atoms with van der Waals surface area (Å²) in [5.41, 5.74) is -0.0559. The summed E-state index contributed by atoms with van der Waals surface area (Å²) >= 11 is 0. The predicted molar refractivity (Wildman–Crippen MR) is 119 cm³/mol. The van der Waals surface area contributed by atoms with Gasteiger partial charge in [0.25, 0.3) is 0 Å². The van der Waals surface area contributed by atoms with Crippen LogP contribution in [0.5, 0.6) is 0 Å². The molecule has 1 unspecified atom stereocenters. The molecule has 2 N–H and O–H groups in total. The van der Waals surface area contributed by atoms with Crippen LogP contribution in [0.15, 0.2) is 38.4 Å². The second-order valence-corrected chi connectivity index (χ2v) is 7.44. The molecular formula is C19H32IN5O2. The molecule has 0 aliphatic carbocycles. The third-order valence-electron chi connectivity index (χ3n) is 3.97. The minimum atomic E-state index is -0.0559. The van der Waals surface area contributed by atoms with E-state index in [2.05, 4.69) is 46.3 Å². The van der Waals surface area contributed by atoms with E-state index in [1.165, 1.54) is 0 Å². The van der Waals surface area contributed by atoms with Gasteiger partial charge >= 0.3 is 0 Å². The van der Waals surface area contributed by atoms with Crippen LogP contribution in [0.3, 0.4) is 0 Å². The van der Waals surface area contributed by atoms with Gasteiger partial charge in [-0.15, -0.1) is 24.0 Å². The molecule has 0 aromatic carbocycles. The predicted octanol–water partition coefficient (Wildman–Crippen LogP) is 3.54. The molecule has 0 amide bonds. The van der Waals surface area contributed by atoms with E-state index >= 15 is 0 Å². The van der Waals surface area contributed by atoms with E-state index in [4.69, 9.17) is 8.83 Å². The molecule has 0 aliphatic heterocycles. The van der Waals surface area contributed by atoms with Crippen molar-refractivity contribution in [1.29, 1.82) is 0 Å². The molecule has 0 radical (unpaired) electrons. The molecule has 0 saturated heterocycles. The fourth-order valence-corrected chi connectivity index (χ4v) is 2.43. The van der Waals surface area contributed by atoms with Gasteiger partial charge in [-0.2, -0.15) is 0 Å². The molecule has 0 aliphatic rings. The van der Waals surface area contributed by atoms with E-state index < -0.39 is 0 Å². The zero-order valence-electron chi connectivity index (χ0n) is 17.1. The first-order valence-corrected chi connectivity index (χ1v) is 8.98. The summed E-state index contributed by atoms with van der Waals surface area (Å²) in [4.78, 5) is 11.0. The zero-order valence-corrected chi connectivity index (χ0v) is 19.4. The normalized spacial score (nSPS) is 13.4. The Morgan fingerprint density at radius 1 is 1.30 bits per heavy atom. The number of halogens is 1. The number of aromatic nitrogens is 1. The van der Waals surface area contributed by atoms with Gasteiger partial charge in [-0.05, 0) is 33.2 Å². The number of rotatable bonds is 7. The summed E-state index contributed by atoms with van der Waals surface area (Å²) in [6.07, 6.45) is 3.48. The molecule has 0 spiro atoms. The van der Waals surface area contributed by atoms with Crippen LogP contribution in [0, 0.1) is 0 Å². The molecule has 2 aromatic rings. The second-order valence-electron chi connectivity index (χ2n) is 7.44. The molecule has 7 nitrogen and oxygen atoms in total. The number of nitrogens with zero attached hydrogens (tertiary/aromatic N) is 3. The van der Waals surface area contributed by atoms with Crippen LogP contribution >= 0.6 is 24.0 Å². The van der Waals surface area contributed by atoms with Gasteiger partial charge in [0.1, 0.15) is 18.1 Å². The van der Waals surface area contributed by atoms with E-state index in [1.807, 2.05) is 33.2 Å². The van der Waals surface area contributed by atoms with E-state index in [1.54, 1.807) is 12.5 Å². The number of guanidine groups is 1. The van der Waals surface area contributed by atoms with E-state index in [0.29, 0.717) is 19.0 Å². The summed E-state index contributed by atoms with van der Waals surface area (Å²) in [5, 5.41) is 6.62. The standard InChI is InChI=1S/C19H31N5O2.HI/c1-7-20-18(22-11-14(24(5)6)15-9-8-10-25-15)23-13-17-21-12-16(26-17)19(2,3)4;/h8-10,12,14H,7,11,13H2,1-6H3,(H2,20,22,23);1H. The van der Waals surface area contributed by atoms with Crippen LogP contribution in [-0.2, 0) is 12.0 Å². The first-order valence-electron chi connectivity index (χ1n) is 8.98. The Kier molecular flexibility index (Phi) is 9.31. The van der Waals surface area contributed by atoms with Crippen LogP contribution in [0.4, 0.5) is 0 Å². The van der Waals surface area contributed by atoms with Crippen molar-refractivity contribution in [3.63, 3.8) is 0 Å². The summed E-state index contributed by atoms with van der Waals surface area (Å²) in [6.45, 7) is 10.2. The maximum absolute atomic E-state index is 5.80.